The van der Waals surface area contributed by atoms with Crippen LogP contribution >= 0.6 is 0 Å². The number of allylic oxidation sites excluding steroid dienone is 2. The van der Waals surface area contributed by atoms with E-state index in [9.17, 15) is 15.0 Å². The lowest BCUT2D eigenvalue weighted by Gasteiger charge is -2.50. The monoisotopic (exact) mass is 501 g/mol. The van der Waals surface area contributed by atoms with E-state index in [1.54, 1.807) is 6.08 Å². The highest BCUT2D eigenvalue weighted by Crippen LogP contribution is 2.50. The summed E-state index contributed by atoms with van der Waals surface area (Å²) in [5.41, 5.74) is 2.00. The summed E-state index contributed by atoms with van der Waals surface area (Å²) in [6, 6.07) is 0. The first-order valence-corrected chi connectivity index (χ1v) is 12.9. The van der Waals surface area contributed by atoms with Gasteiger partial charge in [0.1, 0.15) is 24.2 Å². The van der Waals surface area contributed by atoms with E-state index >= 15 is 0 Å². The normalized spacial score (nSPS) is 27.4. The van der Waals surface area contributed by atoms with Gasteiger partial charge in [-0.1, -0.05) is 68.9 Å². The Bertz CT molecular complexity index is 936. The van der Waals surface area contributed by atoms with Gasteiger partial charge in [-0.25, -0.2) is 9.79 Å². The van der Waals surface area contributed by atoms with Gasteiger partial charge in [0.25, 0.3) is 0 Å². The Labute approximate surface area is 217 Å². The fourth-order valence-corrected chi connectivity index (χ4v) is 5.58. The van der Waals surface area contributed by atoms with Crippen LogP contribution in [0.3, 0.4) is 0 Å². The lowest BCUT2D eigenvalue weighted by atomic mass is 9.59. The topological polar surface area (TPSA) is 103 Å². The van der Waals surface area contributed by atoms with Crippen LogP contribution in [0.2, 0.25) is 0 Å². The molecule has 0 aromatic heterocycles. The number of esters is 1. The lowest BCUT2D eigenvalue weighted by Crippen LogP contribution is -2.49. The molecule has 2 rings (SSSR count). The number of aliphatic hydroxyl groups is 2. The highest BCUT2D eigenvalue weighted by atomic mass is 16.5. The Hall–Kier alpha value is -2.54. The van der Waals surface area contributed by atoms with Crippen molar-refractivity contribution in [1.29, 1.82) is 0 Å². The van der Waals surface area contributed by atoms with Gasteiger partial charge >= 0.3 is 5.97 Å². The van der Waals surface area contributed by atoms with E-state index in [0.717, 1.165) is 18.4 Å². The molecule has 2 unspecified atom stereocenters. The first-order chi connectivity index (χ1) is 16.5. The molecule has 0 saturated heterocycles. The maximum absolute atomic E-state index is 13.9. The molecule has 1 aliphatic carbocycles. The molecule has 36 heavy (non-hydrogen) atoms. The molecule has 2 atom stereocenters. The van der Waals surface area contributed by atoms with Gasteiger partial charge in [0.05, 0.1) is 0 Å². The smallest absolute Gasteiger partial charge is 0.342 e. The Morgan fingerprint density at radius 1 is 1.17 bits per heavy atom. The molecule has 2 aliphatic rings. The van der Waals surface area contributed by atoms with E-state index < -0.39 is 12.7 Å². The van der Waals surface area contributed by atoms with Gasteiger partial charge in [-0.05, 0) is 53.7 Å². The molecule has 0 bridgehead atoms. The summed E-state index contributed by atoms with van der Waals surface area (Å²) < 4.78 is 6.46. The van der Waals surface area contributed by atoms with Crippen molar-refractivity contribution in [3.63, 3.8) is 0 Å². The maximum atomic E-state index is 13.9. The molecule has 202 valence electrons. The number of hydrogen-bond donors (Lipinski definition) is 4. The quantitative estimate of drug-likeness (QED) is 0.268. The zero-order valence-corrected chi connectivity index (χ0v) is 23.7. The van der Waals surface area contributed by atoms with Crippen molar-refractivity contribution in [3.8, 4) is 0 Å². The third-order valence-electron chi connectivity index (χ3n) is 7.26. The molecule has 0 radical (unpaired) electrons. The SMILES string of the molecule is C=C(O)NC(=C)/C=C1\NC(=NCO)C(C(=O)OC2C(C(C)(C)C)CC(C)CC2C(C)(C)C)=C1C(C)C. The third-order valence-corrected chi connectivity index (χ3v) is 7.26. The molecule has 7 heteroatoms. The zero-order chi connectivity index (χ0) is 27.6. The molecule has 1 saturated carbocycles. The van der Waals surface area contributed by atoms with Crippen molar-refractivity contribution < 1.29 is 19.7 Å². The van der Waals surface area contributed by atoms with Gasteiger partial charge in [0, 0.05) is 23.2 Å². The molecule has 1 heterocycles. The summed E-state index contributed by atoms with van der Waals surface area (Å²) in [4.78, 5) is 18.1. The van der Waals surface area contributed by atoms with Gasteiger partial charge in [-0.15, -0.1) is 0 Å². The van der Waals surface area contributed by atoms with Crippen LogP contribution in [0.25, 0.3) is 0 Å². The van der Waals surface area contributed by atoms with Gasteiger partial charge < -0.3 is 25.6 Å². The van der Waals surface area contributed by atoms with E-state index in [-0.39, 0.29) is 46.4 Å². The minimum atomic E-state index is -0.472. The van der Waals surface area contributed by atoms with Gasteiger partial charge in [0.15, 0.2) is 5.88 Å². The van der Waals surface area contributed by atoms with Crippen LogP contribution in [0.1, 0.15) is 75.2 Å². The number of rotatable bonds is 7. The average Bonchev–Trinajstić information content (AvgIpc) is 3.04. The highest BCUT2D eigenvalue weighted by Gasteiger charge is 2.48. The van der Waals surface area contributed by atoms with E-state index in [1.165, 1.54) is 0 Å². The number of aliphatic hydroxyl groups excluding tert-OH is 2. The van der Waals surface area contributed by atoms with Crippen LogP contribution in [-0.4, -0.2) is 34.9 Å². The number of carbonyl (C=O) groups excluding carboxylic acids is 1. The number of aliphatic imine (C=N–C) groups is 1. The van der Waals surface area contributed by atoms with Crippen molar-refractivity contribution in [3.05, 3.63) is 47.7 Å². The van der Waals surface area contributed by atoms with Crippen LogP contribution in [0.5, 0.6) is 0 Å². The average molecular weight is 502 g/mol. The first kappa shape index (κ1) is 29.7. The molecule has 0 aromatic carbocycles. The molecule has 1 aliphatic heterocycles. The standard InChI is InChI=1S/C29H47N3O4/c1-16(2)23-22(14-18(4)31-19(5)34)32-26(30-15-33)24(23)27(35)36-25-20(28(6,7)8)12-17(3)13-21(25)29(9,10)11/h14,16-17,20-21,25,31,33-34H,4-5,12-13,15H2,1-3,6-11H3,(H,30,32)/b22-14-. The number of hydrogen-bond acceptors (Lipinski definition) is 6. The summed E-state index contributed by atoms with van der Waals surface area (Å²) in [6.45, 7) is 26.4. The largest absolute Gasteiger partial charge is 0.495 e. The summed E-state index contributed by atoms with van der Waals surface area (Å²) >= 11 is 0. The van der Waals surface area contributed by atoms with Crippen LogP contribution in [0, 0.1) is 34.5 Å². The minimum absolute atomic E-state index is 0.0322. The van der Waals surface area contributed by atoms with Crippen molar-refractivity contribution in [2.45, 2.75) is 81.3 Å². The Balaban J connectivity index is 2.59. The second kappa shape index (κ2) is 11.2. The predicted octanol–water partition coefficient (Wildman–Crippen LogP) is 5.57. The Morgan fingerprint density at radius 3 is 2.11 bits per heavy atom. The van der Waals surface area contributed by atoms with E-state index in [1.807, 2.05) is 13.8 Å². The Kier molecular flexibility index (Phi) is 9.27. The molecular weight excluding hydrogens is 454 g/mol. The minimum Gasteiger partial charge on any atom is -0.495 e. The number of amidine groups is 1. The van der Waals surface area contributed by atoms with Crippen molar-refractivity contribution in [2.24, 2.45) is 39.5 Å². The van der Waals surface area contributed by atoms with Crippen LogP contribution < -0.4 is 10.6 Å². The number of nitrogens with one attached hydrogen (secondary N) is 2. The molecule has 0 amide bonds. The predicted molar refractivity (Wildman–Crippen MR) is 146 cm³/mol. The highest BCUT2D eigenvalue weighted by molar-refractivity contribution is 6.23. The Morgan fingerprint density at radius 2 is 1.69 bits per heavy atom. The molecule has 7 nitrogen and oxygen atoms in total. The first-order valence-electron chi connectivity index (χ1n) is 12.9. The van der Waals surface area contributed by atoms with Gasteiger partial charge in [-0.2, -0.15) is 0 Å². The second-order valence-electron chi connectivity index (χ2n) is 12.8. The van der Waals surface area contributed by atoms with Crippen molar-refractivity contribution in [1.82, 2.24) is 10.6 Å². The molecule has 0 spiro atoms. The molecular formula is C29H47N3O4. The van der Waals surface area contributed by atoms with E-state index in [4.69, 9.17) is 4.74 Å². The molecule has 4 N–H and O–H groups in total. The third kappa shape index (κ3) is 7.02. The van der Waals surface area contributed by atoms with E-state index in [0.29, 0.717) is 22.9 Å². The van der Waals surface area contributed by atoms with Crippen LogP contribution in [-0.2, 0) is 9.53 Å². The second-order valence-corrected chi connectivity index (χ2v) is 12.8. The van der Waals surface area contributed by atoms with Crippen LogP contribution in [0.4, 0.5) is 0 Å². The van der Waals surface area contributed by atoms with Crippen LogP contribution in [0.15, 0.2) is 52.6 Å². The fraction of sp³-hybridized carbons (Fsp3) is 0.655. The fourth-order valence-electron chi connectivity index (χ4n) is 5.58. The van der Waals surface area contributed by atoms with E-state index in [2.05, 4.69) is 77.3 Å². The summed E-state index contributed by atoms with van der Waals surface area (Å²) in [5.74, 6) is 0.520. The summed E-state index contributed by atoms with van der Waals surface area (Å²) in [6.07, 6.45) is 3.44. The van der Waals surface area contributed by atoms with Crippen molar-refractivity contribution in [2.75, 3.05) is 6.73 Å². The summed E-state index contributed by atoms with van der Waals surface area (Å²) in [7, 11) is 0. The van der Waals surface area contributed by atoms with Gasteiger partial charge in [0.2, 0.25) is 0 Å². The maximum Gasteiger partial charge on any atom is 0.342 e. The number of carbonyl (C=O) groups is 1. The van der Waals surface area contributed by atoms with Crippen molar-refractivity contribution >= 4 is 11.8 Å². The summed E-state index contributed by atoms with van der Waals surface area (Å²) in [5, 5.41) is 24.9. The zero-order valence-electron chi connectivity index (χ0n) is 23.7. The number of ether oxygens (including phenoxy) is 1. The molecule has 0 aromatic rings. The number of nitrogens with zero attached hydrogens (tertiary/aromatic N) is 1. The lowest BCUT2D eigenvalue weighted by molar-refractivity contribution is -0.164. The van der Waals surface area contributed by atoms with Gasteiger partial charge in [-0.3, -0.25) is 0 Å². The molecule has 1 fully saturated rings.